The summed E-state index contributed by atoms with van der Waals surface area (Å²) in [6, 6.07) is 0. The number of hydrogen-bond acceptors (Lipinski definition) is 2. The zero-order valence-electron chi connectivity index (χ0n) is 7.57. The van der Waals surface area contributed by atoms with Crippen LogP contribution in [-0.4, -0.2) is 11.0 Å². The summed E-state index contributed by atoms with van der Waals surface area (Å²) in [5.74, 6) is -16.3. The minimum absolute atomic E-state index is 1.32. The average Bonchev–Trinajstić information content (AvgIpc) is 2.44. The molecule has 0 saturated carbocycles. The van der Waals surface area contributed by atoms with Crippen LogP contribution in [0.2, 0.25) is 0 Å². The number of rotatable bonds is 0. The maximum Gasteiger partial charge on any atom is 0.325 e. The fourth-order valence-electron chi connectivity index (χ4n) is 1.45. The van der Waals surface area contributed by atoms with Gasteiger partial charge in [0, 0.05) is 0 Å². The molecule has 1 aliphatic heterocycles. The molecule has 0 saturated heterocycles. The lowest BCUT2D eigenvalue weighted by Crippen LogP contribution is -2.33. The number of carbonyl (C=O) groups is 1. The van der Waals surface area contributed by atoms with Gasteiger partial charge in [0.1, 0.15) is 5.69 Å². The molecule has 92 valence electrons. The molecule has 0 fully saturated rings. The zero-order valence-corrected chi connectivity index (χ0v) is 7.57. The molecule has 0 aliphatic carbocycles. The Labute approximate surface area is 88.8 Å². The summed E-state index contributed by atoms with van der Waals surface area (Å²) in [6.45, 7) is 0. The van der Waals surface area contributed by atoms with E-state index in [4.69, 9.17) is 5.11 Å². The van der Waals surface area contributed by atoms with Gasteiger partial charge in [0.15, 0.2) is 23.3 Å². The number of amides is 1. The van der Waals surface area contributed by atoms with Crippen molar-refractivity contribution >= 4 is 11.6 Å². The molecule has 1 aliphatic rings. The molecule has 1 amide bonds. The highest BCUT2D eigenvalue weighted by atomic mass is 19.2. The molecule has 1 aromatic carbocycles. The smallest absolute Gasteiger partial charge is 0.325 e. The first-order chi connectivity index (χ1) is 7.71. The van der Waals surface area contributed by atoms with Gasteiger partial charge in [-0.25, -0.2) is 17.6 Å². The summed E-state index contributed by atoms with van der Waals surface area (Å²) in [7, 11) is 0. The monoisotopic (exact) mass is 257 g/mol. The number of nitrogens with zero attached hydrogens (tertiary/aromatic N) is 1. The summed E-state index contributed by atoms with van der Waals surface area (Å²) < 4.78 is 77.7. The van der Waals surface area contributed by atoms with Crippen LogP contribution >= 0.6 is 0 Å². The van der Waals surface area contributed by atoms with Crippen LogP contribution in [0, 0.1) is 23.3 Å². The van der Waals surface area contributed by atoms with Gasteiger partial charge >= 0.3 is 11.8 Å². The van der Waals surface area contributed by atoms with Crippen molar-refractivity contribution in [2.24, 2.45) is 0 Å². The van der Waals surface area contributed by atoms with E-state index in [0.717, 1.165) is 0 Å². The van der Waals surface area contributed by atoms with Gasteiger partial charge in [-0.1, -0.05) is 4.48 Å². The quantitative estimate of drug-likeness (QED) is 0.332. The van der Waals surface area contributed by atoms with Crippen LogP contribution in [0.5, 0.6) is 0 Å². The first kappa shape index (κ1) is 11.7. The predicted molar refractivity (Wildman–Crippen MR) is 39.9 cm³/mol. The van der Waals surface area contributed by atoms with Crippen molar-refractivity contribution in [2.45, 2.75) is 5.85 Å². The lowest BCUT2D eigenvalue weighted by Gasteiger charge is -2.10. The fraction of sp³-hybridized carbons (Fsp3) is 0.125. The van der Waals surface area contributed by atoms with E-state index in [0.29, 0.717) is 0 Å². The van der Waals surface area contributed by atoms with Crippen LogP contribution in [0.1, 0.15) is 5.56 Å². The predicted octanol–water partition coefficient (Wildman–Crippen LogP) is 1.59. The summed E-state index contributed by atoms with van der Waals surface area (Å²) in [5.41, 5.74) is -3.75. The molecule has 0 bridgehead atoms. The van der Waals surface area contributed by atoms with Gasteiger partial charge in [-0.15, -0.1) is 5.12 Å². The first-order valence-corrected chi connectivity index (χ1v) is 3.99. The largest absolute Gasteiger partial charge is 0.351 e. The molecule has 2 rings (SSSR count). The number of hydrogen-bond donors (Lipinski definition) is 1. The fourth-order valence-corrected chi connectivity index (χ4v) is 1.45. The zero-order chi connectivity index (χ0) is 13.1. The lowest BCUT2D eigenvalue weighted by atomic mass is 10.1. The number of anilines is 1. The van der Waals surface area contributed by atoms with Gasteiger partial charge in [0.25, 0.3) is 0 Å². The van der Waals surface area contributed by atoms with Crippen LogP contribution in [0.25, 0.3) is 0 Å². The summed E-state index contributed by atoms with van der Waals surface area (Å²) >= 11 is 0. The number of halogens is 6. The molecule has 1 heterocycles. The third kappa shape index (κ3) is 1.19. The minimum Gasteiger partial charge on any atom is -0.351 e. The normalized spacial score (nSPS) is 23.2. The van der Waals surface area contributed by atoms with E-state index >= 15 is 0 Å². The van der Waals surface area contributed by atoms with Crippen molar-refractivity contribution in [2.75, 3.05) is 5.12 Å². The molecule has 9 heteroatoms. The lowest BCUT2D eigenvalue weighted by molar-refractivity contribution is -0.160. The Hall–Kier alpha value is -1.77. The Morgan fingerprint density at radius 3 is 2.00 bits per heavy atom. The number of carbonyl (C=O) groups excluding carboxylic acids is 1. The molecule has 17 heavy (non-hydrogen) atoms. The molecule has 1 N–H and O–H groups in total. The molecule has 1 unspecified atom stereocenters. The number of alkyl halides is 1. The highest BCUT2D eigenvalue weighted by molar-refractivity contribution is 6.04. The van der Waals surface area contributed by atoms with Gasteiger partial charge in [-0.3, -0.25) is 4.79 Å². The maximum absolute atomic E-state index is 13.2. The van der Waals surface area contributed by atoms with Crippen LogP contribution in [0.15, 0.2) is 0 Å². The van der Waals surface area contributed by atoms with Crippen molar-refractivity contribution in [3.8, 4) is 0 Å². The van der Waals surface area contributed by atoms with E-state index in [1.165, 1.54) is 0 Å². The second kappa shape index (κ2) is 3.13. The van der Waals surface area contributed by atoms with Gasteiger partial charge in [0.05, 0.1) is 5.56 Å². The minimum atomic E-state index is -4.29. The average molecular weight is 257 g/mol. The van der Waals surface area contributed by atoms with Crippen LogP contribution in [0.4, 0.5) is 32.1 Å². The van der Waals surface area contributed by atoms with Crippen molar-refractivity contribution in [3.05, 3.63) is 28.8 Å². The van der Waals surface area contributed by atoms with Gasteiger partial charge < -0.3 is 5.11 Å². The van der Waals surface area contributed by atoms with Gasteiger partial charge in [-0.2, -0.15) is 4.39 Å². The Balaban J connectivity index is 2.93. The summed E-state index contributed by atoms with van der Waals surface area (Å²) in [4.78, 5) is 10.8. The summed E-state index contributed by atoms with van der Waals surface area (Å²) in [5, 5.41) is 7.49. The summed E-state index contributed by atoms with van der Waals surface area (Å²) in [6.07, 6.45) is 0. The Morgan fingerprint density at radius 1 is 1.00 bits per heavy atom. The third-order valence-electron chi connectivity index (χ3n) is 2.23. The Kier molecular flexibility index (Phi) is 2.15. The van der Waals surface area contributed by atoms with E-state index in [-0.39, 0.29) is 0 Å². The van der Waals surface area contributed by atoms with Crippen LogP contribution in [0.3, 0.4) is 0 Å². The van der Waals surface area contributed by atoms with E-state index in [1.807, 2.05) is 0 Å². The van der Waals surface area contributed by atoms with E-state index < -0.39 is 51.4 Å². The highest BCUT2D eigenvalue weighted by Gasteiger charge is 2.57. The van der Waals surface area contributed by atoms with E-state index in [1.54, 1.807) is 0 Å². The molecular weight excluding hydrogens is 256 g/mol. The van der Waals surface area contributed by atoms with Crippen molar-refractivity contribution in [1.82, 2.24) is 0 Å². The van der Waals surface area contributed by atoms with Crippen LogP contribution < -0.4 is 5.12 Å². The Bertz CT molecular complexity index is 544. The highest BCUT2D eigenvalue weighted by Crippen LogP contribution is 2.46. The Morgan fingerprint density at radius 2 is 1.47 bits per heavy atom. The number of fused-ring (bicyclic) bond motifs is 1. The molecule has 1 atom stereocenters. The molecule has 0 radical (unpaired) electrons. The molecule has 0 spiro atoms. The second-order valence-corrected chi connectivity index (χ2v) is 3.19. The standard InChI is InChI=1S/C8HF6NO2/c9-2-1-6(5(12)4(11)3(2)10)15(14)7(16)8(1,13)17/h17H. The SMILES string of the molecule is O=C1N(F)c2c(F)c(F)c(F)c(F)c2C1(O)F. The van der Waals surface area contributed by atoms with Gasteiger partial charge in [0.2, 0.25) is 0 Å². The topological polar surface area (TPSA) is 40.5 Å². The molecular formula is C8HF6NO2. The third-order valence-corrected chi connectivity index (χ3v) is 2.23. The number of benzene rings is 1. The van der Waals surface area contributed by atoms with Crippen molar-refractivity contribution in [1.29, 1.82) is 0 Å². The molecule has 3 nitrogen and oxygen atoms in total. The van der Waals surface area contributed by atoms with E-state index in [9.17, 15) is 31.2 Å². The number of aliphatic hydroxyl groups is 1. The van der Waals surface area contributed by atoms with E-state index in [2.05, 4.69) is 0 Å². The first-order valence-electron chi connectivity index (χ1n) is 3.99. The van der Waals surface area contributed by atoms with Crippen molar-refractivity contribution in [3.63, 3.8) is 0 Å². The molecule has 0 aromatic heterocycles. The molecule has 1 aromatic rings. The maximum atomic E-state index is 13.2. The van der Waals surface area contributed by atoms with Crippen LogP contribution in [-0.2, 0) is 10.6 Å². The second-order valence-electron chi connectivity index (χ2n) is 3.19. The van der Waals surface area contributed by atoms with Crippen molar-refractivity contribution < 1.29 is 36.3 Å². The van der Waals surface area contributed by atoms with Gasteiger partial charge in [-0.05, 0) is 0 Å².